The number of rotatable bonds is 18. The molecule has 0 amide bonds. The van der Waals surface area contributed by atoms with Crippen LogP contribution in [0.2, 0.25) is 0 Å². The van der Waals surface area contributed by atoms with Crippen molar-refractivity contribution in [2.24, 2.45) is 0 Å². The molecule has 0 bridgehead atoms. The minimum Gasteiger partial charge on any atom is -0.479 e. The van der Waals surface area contributed by atoms with Gasteiger partial charge in [-0.3, -0.25) is 0 Å². The van der Waals surface area contributed by atoms with Crippen molar-refractivity contribution >= 4 is 35.8 Å². The smallest absolute Gasteiger partial charge is 0.335 e. The first-order chi connectivity index (χ1) is 35.1. The summed E-state index contributed by atoms with van der Waals surface area (Å²) in [6.45, 7) is 0. The largest absolute Gasteiger partial charge is 0.479 e. The molecule has 19 unspecified atom stereocenters. The summed E-state index contributed by atoms with van der Waals surface area (Å²) in [5.74, 6) is -11.8. The van der Waals surface area contributed by atoms with Crippen LogP contribution in [0.1, 0.15) is 0 Å². The molecule has 6 rings (SSSR count). The monoisotopic (exact) mass is 1100 g/mol. The van der Waals surface area contributed by atoms with E-state index in [0.717, 1.165) is 14.2 Å². The first kappa shape index (κ1) is 60.1. The van der Waals surface area contributed by atoms with E-state index >= 15 is 0 Å². The molecule has 37 nitrogen and oxygen atoms in total. The van der Waals surface area contributed by atoms with Gasteiger partial charge in [0, 0.05) is 14.2 Å². The Hall–Kier alpha value is -4.18. The summed E-state index contributed by atoms with van der Waals surface area (Å²) in [7, 11) is 1.94. The lowest BCUT2D eigenvalue weighted by Crippen LogP contribution is -2.69. The highest BCUT2D eigenvalue weighted by molar-refractivity contribution is 5.76. The van der Waals surface area contributed by atoms with E-state index in [2.05, 4.69) is 0 Å². The number of carboxylic acid groups (broad SMARTS) is 6. The lowest BCUT2D eigenvalue weighted by atomic mass is 9.95. The van der Waals surface area contributed by atoms with Gasteiger partial charge in [0.1, 0.15) is 110 Å². The maximum absolute atomic E-state index is 12.5. The Morgan fingerprint density at radius 2 is 0.413 bits per heavy atom. The van der Waals surface area contributed by atoms with Crippen LogP contribution in [0, 0.1) is 0 Å². The van der Waals surface area contributed by atoms with Gasteiger partial charge in [-0.05, 0) is 0 Å². The van der Waals surface area contributed by atoms with E-state index in [1.54, 1.807) is 0 Å². The third-order valence-corrected chi connectivity index (χ3v) is 12.7. The normalized spacial score (nSPS) is 48.6. The van der Waals surface area contributed by atoms with Gasteiger partial charge in [0.15, 0.2) is 74.4 Å². The first-order valence-corrected chi connectivity index (χ1v) is 21.9. The second kappa shape index (κ2) is 24.2. The molecule has 30 atom stereocenters. The van der Waals surface area contributed by atoms with Gasteiger partial charge in [0.25, 0.3) is 0 Å². The number of aliphatic hydroxyl groups is 12. The van der Waals surface area contributed by atoms with Crippen molar-refractivity contribution < 1.29 is 182 Å². The highest BCUT2D eigenvalue weighted by Gasteiger charge is 2.61. The molecule has 75 heavy (non-hydrogen) atoms. The first-order valence-electron chi connectivity index (χ1n) is 21.9. The lowest BCUT2D eigenvalue weighted by molar-refractivity contribution is -0.386. The van der Waals surface area contributed by atoms with Crippen molar-refractivity contribution in [3.8, 4) is 0 Å². The SMILES string of the molecule is COC1C(C(=O)O)OC(O[C@@H]2C(C(=O)O)O[C@H](O[C@H]3C(C(=O)O)O[C@@H](O[C@H]4C(O)C(O)[C@@H](OC5C(C(=O)O)OC(O[C@H]6C(O)C(O)[C@@H](OC)O[C@@H]6C(=O)O)C(O)C5O)O[C@@H]4C(=O)O)C(O)[C@H]3O)C(O)C2O)C(O)C1O. The van der Waals surface area contributed by atoms with E-state index in [9.17, 15) is 121 Å². The molecule has 0 saturated carbocycles. The molecule has 18 N–H and O–H groups in total. The molecule has 0 aromatic carbocycles. The van der Waals surface area contributed by atoms with Gasteiger partial charge in [-0.15, -0.1) is 0 Å². The summed E-state index contributed by atoms with van der Waals surface area (Å²) in [5, 5.41) is 190. The van der Waals surface area contributed by atoms with Crippen molar-refractivity contribution in [3.05, 3.63) is 0 Å². The van der Waals surface area contributed by atoms with Crippen LogP contribution in [-0.4, -0.2) is 326 Å². The van der Waals surface area contributed by atoms with Crippen molar-refractivity contribution in [1.82, 2.24) is 0 Å². The number of carbonyl (C=O) groups is 6. The Morgan fingerprint density at radius 3 is 0.587 bits per heavy atom. The molecule has 6 aliphatic heterocycles. The zero-order valence-electron chi connectivity index (χ0n) is 38.1. The summed E-state index contributed by atoms with van der Waals surface area (Å²) in [6, 6.07) is 0. The topological polar surface area (TPSA) is 587 Å². The van der Waals surface area contributed by atoms with Gasteiger partial charge in [-0.1, -0.05) is 0 Å². The second-order valence-electron chi connectivity index (χ2n) is 17.4. The average molecular weight is 1100 g/mol. The molecular formula is C38H54O37. The number of hydrogen-bond acceptors (Lipinski definition) is 31. The fourth-order valence-electron chi connectivity index (χ4n) is 8.77. The van der Waals surface area contributed by atoms with Crippen LogP contribution in [-0.2, 0) is 90.3 Å². The molecular weight excluding hydrogens is 1050 g/mol. The molecule has 0 spiro atoms. The minimum atomic E-state index is -2.63. The maximum atomic E-state index is 12.5. The van der Waals surface area contributed by atoms with E-state index in [4.69, 9.17) is 61.6 Å². The molecule has 37 heteroatoms. The molecule has 0 radical (unpaired) electrons. The number of ether oxygens (including phenoxy) is 13. The number of aliphatic hydroxyl groups excluding tert-OH is 12. The van der Waals surface area contributed by atoms with Gasteiger partial charge < -0.3 is 153 Å². The summed E-state index contributed by atoms with van der Waals surface area (Å²) in [4.78, 5) is 73.5. The Labute approximate surface area is 416 Å². The highest BCUT2D eigenvalue weighted by atomic mass is 16.8. The van der Waals surface area contributed by atoms with Crippen LogP contribution in [0.5, 0.6) is 0 Å². The Balaban J connectivity index is 1.13. The number of hydrogen-bond donors (Lipinski definition) is 18. The quantitative estimate of drug-likeness (QED) is 0.0606. The Bertz CT molecular complexity index is 2030. The maximum Gasteiger partial charge on any atom is 0.335 e. The number of carboxylic acids is 6. The van der Waals surface area contributed by atoms with Crippen LogP contribution in [0.15, 0.2) is 0 Å². The van der Waals surface area contributed by atoms with Crippen LogP contribution < -0.4 is 0 Å². The van der Waals surface area contributed by atoms with Gasteiger partial charge in [-0.25, -0.2) is 28.8 Å². The zero-order chi connectivity index (χ0) is 56.0. The summed E-state index contributed by atoms with van der Waals surface area (Å²) >= 11 is 0. The molecule has 6 heterocycles. The fraction of sp³-hybridized carbons (Fsp3) is 0.842. The summed E-state index contributed by atoms with van der Waals surface area (Å²) in [5.41, 5.74) is 0. The average Bonchev–Trinajstić information content (AvgIpc) is 3.34. The lowest BCUT2D eigenvalue weighted by Gasteiger charge is -2.48. The number of aliphatic carboxylic acids is 6. The van der Waals surface area contributed by atoms with Crippen molar-refractivity contribution in [3.63, 3.8) is 0 Å². The van der Waals surface area contributed by atoms with E-state index in [-0.39, 0.29) is 0 Å². The van der Waals surface area contributed by atoms with E-state index < -0.39 is 220 Å². The summed E-state index contributed by atoms with van der Waals surface area (Å²) < 4.78 is 67.2. The fourth-order valence-corrected chi connectivity index (χ4v) is 8.77. The van der Waals surface area contributed by atoms with Gasteiger partial charge in [0.2, 0.25) is 0 Å². The molecule has 428 valence electrons. The van der Waals surface area contributed by atoms with Crippen LogP contribution in [0.4, 0.5) is 0 Å². The van der Waals surface area contributed by atoms with Gasteiger partial charge in [-0.2, -0.15) is 0 Å². The van der Waals surface area contributed by atoms with E-state index in [1.165, 1.54) is 0 Å². The van der Waals surface area contributed by atoms with Crippen LogP contribution in [0.3, 0.4) is 0 Å². The molecule has 0 aromatic rings. The Kier molecular flexibility index (Phi) is 19.4. The third-order valence-electron chi connectivity index (χ3n) is 12.7. The molecule has 0 aliphatic carbocycles. The Morgan fingerprint density at radius 1 is 0.253 bits per heavy atom. The predicted molar refractivity (Wildman–Crippen MR) is 212 cm³/mol. The van der Waals surface area contributed by atoms with Crippen LogP contribution in [0.25, 0.3) is 0 Å². The van der Waals surface area contributed by atoms with Crippen molar-refractivity contribution in [1.29, 1.82) is 0 Å². The van der Waals surface area contributed by atoms with Crippen molar-refractivity contribution in [2.75, 3.05) is 14.2 Å². The molecule has 6 aliphatic rings. The van der Waals surface area contributed by atoms with E-state index in [0.29, 0.717) is 0 Å². The van der Waals surface area contributed by atoms with Gasteiger partial charge in [0.05, 0.1) is 0 Å². The summed E-state index contributed by atoms with van der Waals surface area (Å²) in [6.07, 6.45) is -70.9. The standard InChI is InChI=1S/C38H54O37/c1-63-15-3(39)10(46)34(71-21(15)27(51)52)66-17-5(41)12(48)36(73-23(17)29(55)56)68-19-7(43)14(50)38(75-25(19)31(59)60)69-20-8(44)13(49)37(74-26(20)32(61)62)67-18-6(42)11(47)35(72-24(18)30(57)58)65-16-4(40)9(45)33(64-2)70-22(16)28(53)54/h3-26,33-50H,1-2H3,(H,51,52)(H,53,54)(H,55,56)(H,57,58)(H,59,60)(H,61,62)/t3?,4?,5?,6?,7-,8?,9?,10?,11?,12?,13?,14?,15?,16+,17+,18?,19-,20+,21?,22+,23?,24?,25?,26+,33+,34?,35?,36+,37+,38-/m1/s1. The molecule has 6 saturated heterocycles. The van der Waals surface area contributed by atoms with Crippen LogP contribution >= 0.6 is 0 Å². The molecule has 0 aromatic heterocycles. The number of methoxy groups -OCH3 is 2. The third kappa shape index (κ3) is 12.0. The van der Waals surface area contributed by atoms with E-state index in [1.807, 2.05) is 0 Å². The predicted octanol–water partition coefficient (Wildman–Crippen LogP) is -12.2. The van der Waals surface area contributed by atoms with Crippen molar-refractivity contribution in [2.45, 2.75) is 184 Å². The second-order valence-corrected chi connectivity index (χ2v) is 17.4. The zero-order valence-corrected chi connectivity index (χ0v) is 38.1. The van der Waals surface area contributed by atoms with Gasteiger partial charge >= 0.3 is 35.8 Å². The minimum absolute atomic E-state index is 0.959. The molecule has 6 fully saturated rings. The highest BCUT2D eigenvalue weighted by Crippen LogP contribution is 2.37.